The fraction of sp³-hybridized carbons (Fsp3) is 0.0769. The summed E-state index contributed by atoms with van der Waals surface area (Å²) in [5, 5.41) is -11.0. The van der Waals surface area contributed by atoms with Crippen molar-refractivity contribution in [1.29, 1.82) is 0 Å². The quantitative estimate of drug-likeness (QED) is 0.0286. The van der Waals surface area contributed by atoms with Crippen molar-refractivity contribution in [2.45, 2.75) is 0 Å². The van der Waals surface area contributed by atoms with Crippen molar-refractivity contribution in [2.24, 2.45) is 0 Å². The molecule has 2 atom stereocenters. The van der Waals surface area contributed by atoms with Crippen LogP contribution in [-0.4, -0.2) is 24.6 Å². The van der Waals surface area contributed by atoms with Gasteiger partial charge in [0.2, 0.25) is 34.9 Å². The SMILES string of the molecule is Fc1[c-]c(F)c(F)c(F)c1F.Fc1[c-]c(F)c(F)c(F)c1F.Fc1c(F)c(F)c(PCCP(c2c(F)c(F)c(F)c(F)c2F)c2c(F)c(F)c(F)c(F)c2F)c(F)c1F.Fc1c(F)c(F)c(PCCP(c2c(F)c(F)c(F)c(F)c2F)c2c(F)c(F)c(F)c(F)c2F)c(F)c1F.[Pd].[Pd]. The molecule has 0 aliphatic rings. The van der Waals surface area contributed by atoms with Crippen molar-refractivity contribution in [2.75, 3.05) is 24.6 Å². The van der Waals surface area contributed by atoms with Gasteiger partial charge in [0.05, 0.1) is 90.0 Å². The first-order chi connectivity index (χ1) is 44.4. The Hall–Kier alpha value is -6.00. The van der Waals surface area contributed by atoms with Crippen LogP contribution in [0.5, 0.6) is 0 Å². The smallest absolute Gasteiger partial charge is 0.200 e. The van der Waals surface area contributed by atoms with E-state index in [4.69, 9.17) is 0 Å². The minimum absolute atomic E-state index is 0. The summed E-state index contributed by atoms with van der Waals surface area (Å²) in [4.78, 5) is 0. The van der Waals surface area contributed by atoms with Crippen LogP contribution < -0.4 is 31.8 Å². The van der Waals surface area contributed by atoms with E-state index in [1.165, 1.54) is 0 Å². The molecule has 8 rings (SSSR count). The summed E-state index contributed by atoms with van der Waals surface area (Å²) in [5.41, 5.74) is 0. The third-order valence-corrected chi connectivity index (χ3v) is 20.0. The third-order valence-electron chi connectivity index (χ3n) is 11.5. The van der Waals surface area contributed by atoms with Crippen LogP contribution in [0.4, 0.5) is 176 Å². The fourth-order valence-corrected chi connectivity index (χ4v) is 15.4. The molecule has 0 aliphatic carbocycles. The largest absolute Gasteiger partial charge is 0.278 e. The molecule has 46 heteroatoms. The molecule has 0 fully saturated rings. The Morgan fingerprint density at radius 1 is 0.173 bits per heavy atom. The van der Waals surface area contributed by atoms with Gasteiger partial charge in [0.1, 0.15) is 0 Å². The Morgan fingerprint density at radius 3 is 0.449 bits per heavy atom. The first-order valence-electron chi connectivity index (χ1n) is 23.3. The fourth-order valence-electron chi connectivity index (χ4n) is 7.09. The van der Waals surface area contributed by atoms with E-state index in [2.05, 4.69) is 0 Å². The predicted molar refractivity (Wildman–Crippen MR) is 255 cm³/mol. The van der Waals surface area contributed by atoms with Gasteiger partial charge in [-0.2, -0.15) is 0 Å². The van der Waals surface area contributed by atoms with Crippen LogP contribution in [0.3, 0.4) is 0 Å². The number of hydrogen-bond acceptors (Lipinski definition) is 0. The molecule has 0 radical (unpaired) electrons. The molecule has 0 amide bonds. The standard InChI is InChI=1S/2C20H5F15P2.2C6F5.2Pd/c2*21-3-6(24)12(30)18(13(31)7(3)25)36-1-2-37(19-14(32)8(26)4(22)9(27)15(19)33)20-16(34)10(28)5(23)11(29)17(20)35;2*7-2-1-3(8)5(10)6(11)4(2)9;;/h2*36H,1-2H2;;;;/q;;2*-1;;. The normalized spacial score (nSPS) is 11.4. The Balaban J connectivity index is 0.000000383. The van der Waals surface area contributed by atoms with Gasteiger partial charge in [-0.1, -0.05) is 17.2 Å². The first-order valence-corrected chi connectivity index (χ1v) is 28.8. The van der Waals surface area contributed by atoms with Crippen molar-refractivity contribution in [3.8, 4) is 0 Å². The van der Waals surface area contributed by atoms with Crippen molar-refractivity contribution in [3.63, 3.8) is 0 Å². The average Bonchev–Trinajstić information content (AvgIpc) is 0.757. The maximum Gasteiger partial charge on any atom is 0.200 e. The second-order valence-corrected chi connectivity index (χ2v) is 24.2. The molecule has 540 valence electrons. The van der Waals surface area contributed by atoms with Gasteiger partial charge in [-0.3, -0.25) is 17.6 Å². The Kier molecular flexibility index (Phi) is 30.4. The van der Waals surface area contributed by atoms with Gasteiger partial charge in [-0.15, -0.1) is 12.1 Å². The van der Waals surface area contributed by atoms with Crippen molar-refractivity contribution in [1.82, 2.24) is 0 Å². The molecule has 98 heavy (non-hydrogen) atoms. The molecule has 0 aromatic heterocycles. The second-order valence-electron chi connectivity index (χ2n) is 17.1. The molecular formula is C52H10F40P4Pd2-2. The summed E-state index contributed by atoms with van der Waals surface area (Å²) in [7, 11) is -10.6. The minimum Gasteiger partial charge on any atom is -0.278 e. The molecular weight excluding hydrogens is 1720 g/mol. The molecule has 0 heterocycles. The van der Waals surface area contributed by atoms with Crippen LogP contribution >= 0.6 is 33.0 Å². The summed E-state index contributed by atoms with van der Waals surface area (Å²) < 4.78 is 535. The van der Waals surface area contributed by atoms with Gasteiger partial charge in [0.25, 0.3) is 0 Å². The van der Waals surface area contributed by atoms with E-state index in [1.807, 2.05) is 0 Å². The molecule has 0 aliphatic heterocycles. The number of benzene rings is 8. The van der Waals surface area contributed by atoms with E-state index >= 15 is 0 Å². The molecule has 8 aromatic carbocycles. The molecule has 2 unspecified atom stereocenters. The van der Waals surface area contributed by atoms with Gasteiger partial charge in [-0.25, -0.2) is 158 Å². The summed E-state index contributed by atoms with van der Waals surface area (Å²) >= 11 is 0. The molecule has 8 aromatic rings. The van der Waals surface area contributed by atoms with Crippen molar-refractivity contribution < 1.29 is 216 Å². The summed E-state index contributed by atoms with van der Waals surface area (Å²) in [6.07, 6.45) is -4.62. The predicted octanol–water partition coefficient (Wildman–Crippen LogP) is 16.8. The second kappa shape index (κ2) is 34.6. The Labute approximate surface area is 548 Å². The van der Waals surface area contributed by atoms with Gasteiger partial charge < -0.3 is 0 Å². The summed E-state index contributed by atoms with van der Waals surface area (Å²) in [6.45, 7) is 0. The Bertz CT molecular complexity index is 3780. The molecule has 0 spiro atoms. The molecule has 0 N–H and O–H groups in total. The van der Waals surface area contributed by atoms with E-state index in [-0.39, 0.29) is 40.8 Å². The van der Waals surface area contributed by atoms with Crippen LogP contribution in [0.25, 0.3) is 0 Å². The summed E-state index contributed by atoms with van der Waals surface area (Å²) in [6, 6.07) is 2.05. The Morgan fingerprint density at radius 2 is 0.296 bits per heavy atom. The van der Waals surface area contributed by atoms with E-state index in [0.29, 0.717) is 0 Å². The zero-order valence-electron chi connectivity index (χ0n) is 44.5. The van der Waals surface area contributed by atoms with Gasteiger partial charge >= 0.3 is 0 Å². The molecule has 0 saturated heterocycles. The van der Waals surface area contributed by atoms with Gasteiger partial charge in [0.15, 0.2) is 140 Å². The van der Waals surface area contributed by atoms with Crippen LogP contribution in [0, 0.1) is 245 Å². The summed E-state index contributed by atoms with van der Waals surface area (Å²) in [5.74, 6) is -97.9. The zero-order valence-corrected chi connectivity index (χ0v) is 51.4. The molecule has 0 saturated carbocycles. The van der Waals surface area contributed by atoms with Gasteiger partial charge in [-0.05, 0) is 40.5 Å². The minimum atomic E-state index is -3.75. The van der Waals surface area contributed by atoms with Crippen LogP contribution in [0.2, 0.25) is 0 Å². The maximum absolute atomic E-state index is 14.4. The third kappa shape index (κ3) is 16.8. The van der Waals surface area contributed by atoms with Crippen molar-refractivity contribution in [3.05, 3.63) is 245 Å². The zero-order chi connectivity index (χ0) is 73.4. The van der Waals surface area contributed by atoms with Crippen LogP contribution in [-0.2, 0) is 40.8 Å². The van der Waals surface area contributed by atoms with E-state index in [1.54, 1.807) is 0 Å². The first kappa shape index (κ1) is 86.2. The van der Waals surface area contributed by atoms with Crippen molar-refractivity contribution >= 4 is 64.8 Å². The monoisotopic (exact) mass is 1730 g/mol. The number of hydrogen-bond donors (Lipinski definition) is 0. The van der Waals surface area contributed by atoms with E-state index in [9.17, 15) is 176 Å². The molecule has 0 bridgehead atoms. The van der Waals surface area contributed by atoms with E-state index < -0.39 is 322 Å². The topological polar surface area (TPSA) is 0 Å². The number of rotatable bonds is 12. The number of halogens is 40. The van der Waals surface area contributed by atoms with E-state index in [0.717, 1.165) is 12.1 Å². The molecule has 0 nitrogen and oxygen atoms in total. The van der Waals surface area contributed by atoms with Crippen LogP contribution in [0.15, 0.2) is 0 Å². The maximum atomic E-state index is 14.4. The average molecular weight is 1730 g/mol. The van der Waals surface area contributed by atoms with Crippen LogP contribution in [0.1, 0.15) is 0 Å². The van der Waals surface area contributed by atoms with Gasteiger partial charge in [0, 0.05) is 40.8 Å².